The number of ether oxygens (including phenoxy) is 1. The first-order valence-electron chi connectivity index (χ1n) is 9.61. The highest BCUT2D eigenvalue weighted by atomic mass is 35.5. The Kier molecular flexibility index (Phi) is 5.99. The van der Waals surface area contributed by atoms with E-state index in [9.17, 15) is 19.7 Å². The maximum atomic E-state index is 12.3. The second-order valence-electron chi connectivity index (χ2n) is 7.38. The van der Waals surface area contributed by atoms with Gasteiger partial charge in [0.2, 0.25) is 0 Å². The lowest BCUT2D eigenvalue weighted by atomic mass is 10.0. The van der Waals surface area contributed by atoms with Crippen LogP contribution in [0.25, 0.3) is 0 Å². The van der Waals surface area contributed by atoms with Crippen molar-refractivity contribution < 1.29 is 19.2 Å². The Morgan fingerprint density at radius 1 is 1.42 bits per heavy atom. The van der Waals surface area contributed by atoms with Crippen LogP contribution in [-0.2, 0) is 4.74 Å². The van der Waals surface area contributed by atoms with Crippen molar-refractivity contribution >= 4 is 46.3 Å². The van der Waals surface area contributed by atoms with Crippen LogP contribution in [0.5, 0.6) is 0 Å². The molecule has 0 bridgehead atoms. The summed E-state index contributed by atoms with van der Waals surface area (Å²) in [6.45, 7) is 1.23. The molecular formula is C19H20ClN5O5S. The number of nitro groups is 1. The summed E-state index contributed by atoms with van der Waals surface area (Å²) in [5, 5.41) is 17.1. The third-order valence-electron chi connectivity index (χ3n) is 5.29. The number of nitrogens with one attached hydrogen (secondary N) is 2. The first-order chi connectivity index (χ1) is 14.8. The van der Waals surface area contributed by atoms with Crippen molar-refractivity contribution in [3.63, 3.8) is 0 Å². The molecule has 1 aromatic heterocycles. The lowest BCUT2D eigenvalue weighted by Gasteiger charge is -2.21. The summed E-state index contributed by atoms with van der Waals surface area (Å²) in [5.74, 6) is -0.342. The summed E-state index contributed by atoms with van der Waals surface area (Å²) in [4.78, 5) is 37.7. The first kappa shape index (κ1) is 21.3. The third-order valence-corrected chi connectivity index (χ3v) is 6.51. The Morgan fingerprint density at radius 3 is 2.87 bits per heavy atom. The molecule has 2 aromatic rings. The first-order valence-corrected chi connectivity index (χ1v) is 10.8. The molecule has 0 radical (unpaired) electrons. The van der Waals surface area contributed by atoms with Gasteiger partial charge in [0.05, 0.1) is 26.7 Å². The third kappa shape index (κ3) is 4.58. The number of nitrogens with two attached hydrogens (primary N) is 1. The summed E-state index contributed by atoms with van der Waals surface area (Å²) >= 11 is 6.99. The van der Waals surface area contributed by atoms with Gasteiger partial charge in [-0.3, -0.25) is 14.9 Å². The van der Waals surface area contributed by atoms with Crippen LogP contribution in [0, 0.1) is 10.1 Å². The van der Waals surface area contributed by atoms with Crippen LogP contribution >= 0.6 is 22.9 Å². The number of cyclic esters (lactones) is 1. The second-order valence-corrected chi connectivity index (χ2v) is 9.09. The second kappa shape index (κ2) is 8.69. The normalized spacial score (nSPS) is 22.8. The minimum absolute atomic E-state index is 0.0204. The largest absolute Gasteiger partial charge is 0.442 e. The fourth-order valence-corrected chi connectivity index (χ4v) is 4.75. The molecule has 3 unspecified atom stereocenters. The summed E-state index contributed by atoms with van der Waals surface area (Å²) in [5.41, 5.74) is 6.88. The van der Waals surface area contributed by atoms with Gasteiger partial charge in [-0.05, 0) is 30.2 Å². The highest BCUT2D eigenvalue weighted by Crippen LogP contribution is 2.35. The van der Waals surface area contributed by atoms with Gasteiger partial charge in [-0.15, -0.1) is 11.3 Å². The molecule has 2 aliphatic heterocycles. The van der Waals surface area contributed by atoms with E-state index in [1.54, 1.807) is 24.3 Å². The van der Waals surface area contributed by atoms with Gasteiger partial charge in [-0.25, -0.2) is 4.79 Å². The SMILES string of the molecule is NC1CCN(c2ccc(C3NC(=O)OC3CNC(=O)c3ccc(Cl)s3)cc2[N+](=O)[O-])C1. The predicted octanol–water partition coefficient (Wildman–Crippen LogP) is 2.43. The van der Waals surface area contributed by atoms with Crippen molar-refractivity contribution in [1.82, 2.24) is 10.6 Å². The van der Waals surface area contributed by atoms with Crippen molar-refractivity contribution in [1.29, 1.82) is 0 Å². The Hall–Kier alpha value is -2.89. The molecule has 164 valence electrons. The molecule has 10 nitrogen and oxygen atoms in total. The molecule has 31 heavy (non-hydrogen) atoms. The predicted molar refractivity (Wildman–Crippen MR) is 116 cm³/mol. The number of rotatable bonds is 6. The number of carbonyl (C=O) groups is 2. The molecule has 0 aliphatic carbocycles. The Labute approximate surface area is 186 Å². The monoisotopic (exact) mass is 465 g/mol. The number of thiophene rings is 1. The fourth-order valence-electron chi connectivity index (χ4n) is 3.79. The number of hydrogen-bond donors (Lipinski definition) is 3. The molecule has 0 spiro atoms. The quantitative estimate of drug-likeness (QED) is 0.439. The van der Waals surface area contributed by atoms with Gasteiger partial charge in [0.25, 0.3) is 11.6 Å². The van der Waals surface area contributed by atoms with Gasteiger partial charge in [0.1, 0.15) is 11.8 Å². The molecule has 1 aromatic carbocycles. The van der Waals surface area contributed by atoms with Crippen LogP contribution in [0.3, 0.4) is 0 Å². The molecule has 2 saturated heterocycles. The Bertz CT molecular complexity index is 1030. The molecule has 2 aliphatic rings. The van der Waals surface area contributed by atoms with E-state index in [-0.39, 0.29) is 24.2 Å². The van der Waals surface area contributed by atoms with Crippen LogP contribution in [0.15, 0.2) is 30.3 Å². The average molecular weight is 466 g/mol. The van der Waals surface area contributed by atoms with E-state index in [4.69, 9.17) is 22.1 Å². The molecule has 2 fully saturated rings. The van der Waals surface area contributed by atoms with Gasteiger partial charge in [0, 0.05) is 25.2 Å². The molecule has 3 atom stereocenters. The average Bonchev–Trinajstić information content (AvgIpc) is 3.45. The molecule has 12 heteroatoms. The minimum Gasteiger partial charge on any atom is -0.442 e. The van der Waals surface area contributed by atoms with Crippen molar-refractivity contribution in [2.45, 2.75) is 24.6 Å². The van der Waals surface area contributed by atoms with E-state index in [1.165, 1.54) is 6.07 Å². The Morgan fingerprint density at radius 2 is 2.23 bits per heavy atom. The summed E-state index contributed by atoms with van der Waals surface area (Å²) in [7, 11) is 0. The van der Waals surface area contributed by atoms with Gasteiger partial charge in [0.15, 0.2) is 0 Å². The molecule has 3 heterocycles. The van der Waals surface area contributed by atoms with E-state index in [0.29, 0.717) is 33.6 Å². The molecule has 4 N–H and O–H groups in total. The van der Waals surface area contributed by atoms with Crippen LogP contribution in [0.4, 0.5) is 16.2 Å². The number of hydrogen-bond acceptors (Lipinski definition) is 8. The number of alkyl carbamates (subject to hydrolysis) is 1. The van der Waals surface area contributed by atoms with Crippen molar-refractivity contribution in [2.75, 3.05) is 24.5 Å². The van der Waals surface area contributed by atoms with Gasteiger partial charge in [-0.2, -0.15) is 0 Å². The van der Waals surface area contributed by atoms with Crippen molar-refractivity contribution in [2.24, 2.45) is 5.73 Å². The maximum Gasteiger partial charge on any atom is 0.408 e. The van der Waals surface area contributed by atoms with Crippen LogP contribution in [0.2, 0.25) is 4.34 Å². The number of amides is 2. The number of benzene rings is 1. The fraction of sp³-hybridized carbons (Fsp3) is 0.368. The van der Waals surface area contributed by atoms with E-state index in [0.717, 1.165) is 17.8 Å². The van der Waals surface area contributed by atoms with E-state index in [2.05, 4.69) is 10.6 Å². The number of nitrogens with zero attached hydrogens (tertiary/aromatic N) is 2. The van der Waals surface area contributed by atoms with Crippen LogP contribution in [0.1, 0.15) is 27.7 Å². The van der Waals surface area contributed by atoms with E-state index in [1.807, 2.05) is 4.90 Å². The number of halogens is 1. The summed E-state index contributed by atoms with van der Waals surface area (Å²) in [6, 6.07) is 7.38. The molecule has 2 amide bonds. The Balaban J connectivity index is 1.52. The molecule has 0 saturated carbocycles. The topological polar surface area (TPSA) is 140 Å². The molecule has 4 rings (SSSR count). The van der Waals surface area contributed by atoms with Gasteiger partial charge >= 0.3 is 6.09 Å². The van der Waals surface area contributed by atoms with Crippen LogP contribution in [-0.4, -0.2) is 48.7 Å². The summed E-state index contributed by atoms with van der Waals surface area (Å²) in [6.07, 6.45) is -0.610. The van der Waals surface area contributed by atoms with E-state index >= 15 is 0 Å². The smallest absolute Gasteiger partial charge is 0.408 e. The zero-order chi connectivity index (χ0) is 22.1. The molecular weight excluding hydrogens is 446 g/mol. The van der Waals surface area contributed by atoms with Crippen molar-refractivity contribution in [3.8, 4) is 0 Å². The zero-order valence-corrected chi connectivity index (χ0v) is 17.8. The zero-order valence-electron chi connectivity index (χ0n) is 16.2. The van der Waals surface area contributed by atoms with Gasteiger partial charge in [-0.1, -0.05) is 17.7 Å². The number of nitro benzene ring substituents is 1. The van der Waals surface area contributed by atoms with Gasteiger partial charge < -0.3 is 26.0 Å². The summed E-state index contributed by atoms with van der Waals surface area (Å²) < 4.78 is 5.77. The minimum atomic E-state index is -0.724. The van der Waals surface area contributed by atoms with E-state index < -0.39 is 23.2 Å². The standard InChI is InChI=1S/C19H20ClN5O5S/c20-16-4-3-15(31-16)18(26)22-8-14-17(23-19(27)30-14)10-1-2-12(13(7-10)25(28)29)24-6-5-11(21)9-24/h1-4,7,11,14,17H,5-6,8-9,21H2,(H,22,26)(H,23,27). The lowest BCUT2D eigenvalue weighted by Crippen LogP contribution is -2.35. The lowest BCUT2D eigenvalue weighted by molar-refractivity contribution is -0.384. The number of anilines is 1. The van der Waals surface area contributed by atoms with Crippen LogP contribution < -0.4 is 21.3 Å². The maximum absolute atomic E-state index is 12.3. The number of carbonyl (C=O) groups excluding carboxylic acids is 2. The highest BCUT2D eigenvalue weighted by Gasteiger charge is 2.37. The highest BCUT2D eigenvalue weighted by molar-refractivity contribution is 7.18. The van der Waals surface area contributed by atoms with Crippen molar-refractivity contribution in [3.05, 3.63) is 55.2 Å².